The van der Waals surface area contributed by atoms with Crippen LogP contribution in [0.15, 0.2) is 24.3 Å². The van der Waals surface area contributed by atoms with E-state index in [1.54, 1.807) is 0 Å². The standard InChI is InChI=1S/C58H110O2/c1-9-13-17-21-25-29-31-35-39-51(5)53(7)43-45-55(41-37-33-27-23-19-15-11-3)59-57-47-49-58(50-48-57)60-56(42-38-34-28-24-20-16-12-4)46-44-54(8)52(6)40-36-32-30-26-22-18-14-10-2/h47-56H,9-46H2,1-8H3. The topological polar surface area (TPSA) is 18.5 Å². The molecule has 0 heterocycles. The van der Waals surface area contributed by atoms with Crippen molar-refractivity contribution < 1.29 is 9.47 Å². The van der Waals surface area contributed by atoms with Gasteiger partial charge in [-0.05, 0) is 99.3 Å². The first-order chi connectivity index (χ1) is 29.3. The van der Waals surface area contributed by atoms with Crippen LogP contribution in [0, 0.1) is 23.7 Å². The number of benzene rings is 1. The van der Waals surface area contributed by atoms with E-state index in [1.165, 1.54) is 244 Å². The minimum atomic E-state index is 0.310. The van der Waals surface area contributed by atoms with Gasteiger partial charge >= 0.3 is 0 Å². The van der Waals surface area contributed by atoms with Gasteiger partial charge in [-0.3, -0.25) is 0 Å². The third-order valence-electron chi connectivity index (χ3n) is 14.5. The zero-order valence-corrected chi connectivity index (χ0v) is 42.5. The Morgan fingerprint density at radius 1 is 0.267 bits per heavy atom. The lowest BCUT2D eigenvalue weighted by atomic mass is 9.86. The summed E-state index contributed by atoms with van der Waals surface area (Å²) >= 11 is 0. The van der Waals surface area contributed by atoms with Gasteiger partial charge in [-0.2, -0.15) is 0 Å². The average molecular weight is 840 g/mol. The van der Waals surface area contributed by atoms with E-state index in [0.717, 1.165) is 35.2 Å². The van der Waals surface area contributed by atoms with Crippen LogP contribution in [0.25, 0.3) is 0 Å². The molecule has 2 heteroatoms. The summed E-state index contributed by atoms with van der Waals surface area (Å²) in [6.45, 7) is 19.3. The molecule has 1 aromatic rings. The van der Waals surface area contributed by atoms with Crippen LogP contribution in [-0.2, 0) is 0 Å². The molecule has 0 fully saturated rings. The molecule has 0 aliphatic rings. The molecule has 0 saturated carbocycles. The molecule has 0 amide bonds. The fraction of sp³-hybridized carbons (Fsp3) is 0.897. The van der Waals surface area contributed by atoms with Crippen LogP contribution >= 0.6 is 0 Å². The molecule has 0 aliphatic carbocycles. The summed E-state index contributed by atoms with van der Waals surface area (Å²) in [5.74, 6) is 5.18. The SMILES string of the molecule is CCCCCCCCCCC(C)C(C)CCC(CCCCCCCCC)Oc1ccc(OC(CCCCCCCCC)CCC(C)C(C)CCCCCCCCCC)cc1. The third-order valence-corrected chi connectivity index (χ3v) is 14.5. The zero-order valence-electron chi connectivity index (χ0n) is 42.5. The van der Waals surface area contributed by atoms with Crippen molar-refractivity contribution in [3.05, 3.63) is 24.3 Å². The summed E-state index contributed by atoms with van der Waals surface area (Å²) in [4.78, 5) is 0. The molecular formula is C58H110O2. The highest BCUT2D eigenvalue weighted by molar-refractivity contribution is 5.31. The van der Waals surface area contributed by atoms with E-state index in [-0.39, 0.29) is 0 Å². The lowest BCUT2D eigenvalue weighted by molar-refractivity contribution is 0.155. The van der Waals surface area contributed by atoms with Crippen LogP contribution in [0.2, 0.25) is 0 Å². The maximum Gasteiger partial charge on any atom is 0.119 e. The summed E-state index contributed by atoms with van der Waals surface area (Å²) in [7, 11) is 0. The smallest absolute Gasteiger partial charge is 0.119 e. The minimum Gasteiger partial charge on any atom is -0.490 e. The highest BCUT2D eigenvalue weighted by atomic mass is 16.5. The number of rotatable bonds is 46. The molecule has 60 heavy (non-hydrogen) atoms. The van der Waals surface area contributed by atoms with Crippen molar-refractivity contribution >= 4 is 0 Å². The molecule has 2 nitrogen and oxygen atoms in total. The molecule has 0 aliphatic heterocycles. The molecule has 6 unspecified atom stereocenters. The number of unbranched alkanes of at least 4 members (excludes halogenated alkanes) is 26. The first-order valence-corrected chi connectivity index (χ1v) is 27.8. The second kappa shape index (κ2) is 41.8. The molecular weight excluding hydrogens is 729 g/mol. The normalized spacial score (nSPS) is 14.8. The van der Waals surface area contributed by atoms with Gasteiger partial charge in [-0.1, -0.05) is 248 Å². The van der Waals surface area contributed by atoms with Crippen LogP contribution in [0.3, 0.4) is 0 Å². The van der Waals surface area contributed by atoms with Crippen LogP contribution < -0.4 is 9.47 Å². The van der Waals surface area contributed by atoms with Gasteiger partial charge < -0.3 is 9.47 Å². The molecule has 6 atom stereocenters. The van der Waals surface area contributed by atoms with Gasteiger partial charge in [0.15, 0.2) is 0 Å². The second-order valence-electron chi connectivity index (χ2n) is 20.4. The molecule has 1 aromatic carbocycles. The Bertz CT molecular complexity index is 908. The van der Waals surface area contributed by atoms with Gasteiger partial charge in [0, 0.05) is 0 Å². The lowest BCUT2D eigenvalue weighted by Crippen LogP contribution is -2.20. The van der Waals surface area contributed by atoms with Gasteiger partial charge in [0.1, 0.15) is 11.5 Å². The zero-order chi connectivity index (χ0) is 43.7. The van der Waals surface area contributed by atoms with Crippen LogP contribution in [0.1, 0.15) is 299 Å². The van der Waals surface area contributed by atoms with Gasteiger partial charge in [0.05, 0.1) is 12.2 Å². The van der Waals surface area contributed by atoms with Crippen molar-refractivity contribution in [1.82, 2.24) is 0 Å². The first kappa shape index (κ1) is 56.8. The molecule has 0 radical (unpaired) electrons. The Labute approximate surface area is 379 Å². The summed E-state index contributed by atoms with van der Waals surface area (Å²) in [5.41, 5.74) is 0. The number of hydrogen-bond donors (Lipinski definition) is 0. The monoisotopic (exact) mass is 839 g/mol. The molecule has 0 aromatic heterocycles. The van der Waals surface area contributed by atoms with Crippen LogP contribution in [0.4, 0.5) is 0 Å². The number of ether oxygens (including phenoxy) is 2. The van der Waals surface area contributed by atoms with E-state index in [2.05, 4.69) is 79.7 Å². The Kier molecular flexibility index (Phi) is 39.6. The predicted molar refractivity (Wildman–Crippen MR) is 270 cm³/mol. The first-order valence-electron chi connectivity index (χ1n) is 27.8. The second-order valence-corrected chi connectivity index (χ2v) is 20.4. The molecule has 354 valence electrons. The average Bonchev–Trinajstić information content (AvgIpc) is 3.25. The maximum atomic E-state index is 6.84. The fourth-order valence-electron chi connectivity index (χ4n) is 9.40. The molecule has 0 bridgehead atoms. The van der Waals surface area contributed by atoms with Crippen LogP contribution in [0.5, 0.6) is 11.5 Å². The maximum absolute atomic E-state index is 6.84. The van der Waals surface area contributed by atoms with Crippen molar-refractivity contribution in [3.63, 3.8) is 0 Å². The summed E-state index contributed by atoms with van der Waals surface area (Å²) in [6, 6.07) is 8.84. The Morgan fingerprint density at radius 3 is 0.750 bits per heavy atom. The highest BCUT2D eigenvalue weighted by Gasteiger charge is 2.19. The van der Waals surface area contributed by atoms with E-state index in [1.807, 2.05) is 0 Å². The van der Waals surface area contributed by atoms with Gasteiger partial charge in [0.2, 0.25) is 0 Å². The van der Waals surface area contributed by atoms with Crippen LogP contribution in [-0.4, -0.2) is 12.2 Å². The third kappa shape index (κ3) is 33.4. The Hall–Kier alpha value is -1.18. The summed E-state index contributed by atoms with van der Waals surface area (Å²) in [5, 5.41) is 0. The predicted octanol–water partition coefficient (Wildman–Crippen LogP) is 20.6. The molecule has 0 N–H and O–H groups in total. The quantitative estimate of drug-likeness (QED) is 0.0609. The summed E-state index contributed by atoms with van der Waals surface area (Å²) < 4.78 is 13.7. The van der Waals surface area contributed by atoms with E-state index < -0.39 is 0 Å². The van der Waals surface area contributed by atoms with Gasteiger partial charge in [0.25, 0.3) is 0 Å². The highest BCUT2D eigenvalue weighted by Crippen LogP contribution is 2.30. The van der Waals surface area contributed by atoms with Crippen molar-refractivity contribution in [2.24, 2.45) is 23.7 Å². The number of hydrogen-bond acceptors (Lipinski definition) is 2. The Morgan fingerprint density at radius 2 is 0.483 bits per heavy atom. The lowest BCUT2D eigenvalue weighted by Gasteiger charge is -2.25. The van der Waals surface area contributed by atoms with Gasteiger partial charge in [-0.15, -0.1) is 0 Å². The van der Waals surface area contributed by atoms with Crippen molar-refractivity contribution in [3.8, 4) is 11.5 Å². The minimum absolute atomic E-state index is 0.310. The largest absolute Gasteiger partial charge is 0.490 e. The van der Waals surface area contributed by atoms with Crippen molar-refractivity contribution in [2.45, 2.75) is 312 Å². The van der Waals surface area contributed by atoms with E-state index >= 15 is 0 Å². The van der Waals surface area contributed by atoms with Gasteiger partial charge in [-0.25, -0.2) is 0 Å². The van der Waals surface area contributed by atoms with Crippen molar-refractivity contribution in [2.75, 3.05) is 0 Å². The molecule has 1 rings (SSSR count). The Balaban J connectivity index is 2.75. The van der Waals surface area contributed by atoms with E-state index in [0.29, 0.717) is 12.2 Å². The molecule has 0 spiro atoms. The van der Waals surface area contributed by atoms with Crippen molar-refractivity contribution in [1.29, 1.82) is 0 Å². The summed E-state index contributed by atoms with van der Waals surface area (Å²) in [6.07, 6.45) is 52.3. The van der Waals surface area contributed by atoms with E-state index in [4.69, 9.17) is 9.47 Å². The van der Waals surface area contributed by atoms with E-state index in [9.17, 15) is 0 Å². The molecule has 0 saturated heterocycles. The fourth-order valence-corrected chi connectivity index (χ4v) is 9.40.